The molecule has 0 atom stereocenters. The van der Waals surface area contributed by atoms with Gasteiger partial charge in [0.2, 0.25) is 0 Å². The zero-order valence-electron chi connectivity index (χ0n) is 19.1. The molecule has 0 bridgehead atoms. The second-order valence-electron chi connectivity index (χ2n) is 8.57. The van der Waals surface area contributed by atoms with Gasteiger partial charge in [-0.3, -0.25) is 0 Å². The van der Waals surface area contributed by atoms with Crippen LogP contribution in [0.25, 0.3) is 5.83 Å². The summed E-state index contributed by atoms with van der Waals surface area (Å²) in [5, 5.41) is 0. The molecule has 36 heavy (non-hydrogen) atoms. The fraction of sp³-hybridized carbons (Fsp3) is 0.385. The lowest BCUT2D eigenvalue weighted by Gasteiger charge is -2.33. The molecule has 1 fully saturated rings. The Hall–Kier alpha value is -2.91. The first-order chi connectivity index (χ1) is 16.8. The molecule has 0 unspecified atom stereocenters. The first-order valence-corrected chi connectivity index (χ1v) is 11.3. The third-order valence-corrected chi connectivity index (χ3v) is 6.10. The SMILES string of the molecule is CCC=CC(F)=C(F)c1ccc(C2CCC(C(F)(F)Oc3cc(F)c(C(F)(F)F)c(F)c3)CC2)cc1. The van der Waals surface area contributed by atoms with Gasteiger partial charge < -0.3 is 4.74 Å². The van der Waals surface area contributed by atoms with Gasteiger partial charge in [0, 0.05) is 17.7 Å². The molecule has 0 aromatic heterocycles. The van der Waals surface area contributed by atoms with Crippen LogP contribution in [0.1, 0.15) is 61.6 Å². The number of alkyl halides is 5. The van der Waals surface area contributed by atoms with Crippen molar-refractivity contribution in [2.75, 3.05) is 0 Å². The summed E-state index contributed by atoms with van der Waals surface area (Å²) < 4.78 is 127. The maximum absolute atomic E-state index is 14.7. The third-order valence-electron chi connectivity index (χ3n) is 6.10. The quantitative estimate of drug-likeness (QED) is 0.260. The second-order valence-corrected chi connectivity index (χ2v) is 8.57. The molecule has 10 heteroatoms. The average molecular weight is 522 g/mol. The molecule has 0 heterocycles. The highest BCUT2D eigenvalue weighted by Crippen LogP contribution is 2.44. The summed E-state index contributed by atoms with van der Waals surface area (Å²) in [5.74, 6) is -8.62. The standard InChI is InChI=1S/C26H23F9O/c1-2-3-4-20(27)24(30)17-7-5-15(6-8-17)16-9-11-18(12-10-16)26(34,35)36-19-13-21(28)23(22(29)14-19)25(31,32)33/h3-8,13-14,16,18H,2,9-12H2,1H3. The van der Waals surface area contributed by atoms with Gasteiger partial charge in [-0.05, 0) is 49.7 Å². The summed E-state index contributed by atoms with van der Waals surface area (Å²) in [6, 6.07) is 6.17. The number of benzene rings is 2. The highest BCUT2D eigenvalue weighted by atomic mass is 19.4. The van der Waals surface area contributed by atoms with E-state index in [-0.39, 0.29) is 36.5 Å². The van der Waals surface area contributed by atoms with E-state index in [1.54, 1.807) is 19.1 Å². The van der Waals surface area contributed by atoms with Gasteiger partial charge >= 0.3 is 12.3 Å². The summed E-state index contributed by atoms with van der Waals surface area (Å²) >= 11 is 0. The molecular formula is C26H23F9O. The van der Waals surface area contributed by atoms with Crippen LogP contribution in [0.2, 0.25) is 0 Å². The van der Waals surface area contributed by atoms with Gasteiger partial charge in [-0.25, -0.2) is 17.6 Å². The highest BCUT2D eigenvalue weighted by Gasteiger charge is 2.45. The molecular weight excluding hydrogens is 499 g/mol. The second kappa shape index (κ2) is 11.0. The van der Waals surface area contributed by atoms with E-state index in [2.05, 4.69) is 4.74 Å². The predicted octanol–water partition coefficient (Wildman–Crippen LogP) is 9.50. The van der Waals surface area contributed by atoms with Crippen molar-refractivity contribution in [1.29, 1.82) is 0 Å². The van der Waals surface area contributed by atoms with Crippen LogP contribution < -0.4 is 4.74 Å². The Labute approximate surface area is 202 Å². The molecule has 1 saturated carbocycles. The number of halogens is 9. The van der Waals surface area contributed by atoms with Gasteiger partial charge in [0.05, 0.1) is 5.92 Å². The lowest BCUT2D eigenvalue weighted by molar-refractivity contribution is -0.222. The van der Waals surface area contributed by atoms with Gasteiger partial charge in [0.1, 0.15) is 22.9 Å². The van der Waals surface area contributed by atoms with Crippen LogP contribution >= 0.6 is 0 Å². The van der Waals surface area contributed by atoms with Crippen LogP contribution in [0.4, 0.5) is 39.5 Å². The van der Waals surface area contributed by atoms with Crippen LogP contribution in [0.15, 0.2) is 54.4 Å². The maximum Gasteiger partial charge on any atom is 0.422 e. The van der Waals surface area contributed by atoms with E-state index < -0.39 is 52.8 Å². The fourth-order valence-electron chi connectivity index (χ4n) is 4.22. The number of hydrogen-bond donors (Lipinski definition) is 0. The Morgan fingerprint density at radius 2 is 1.47 bits per heavy atom. The minimum Gasteiger partial charge on any atom is -0.432 e. The zero-order valence-corrected chi connectivity index (χ0v) is 19.1. The predicted molar refractivity (Wildman–Crippen MR) is 117 cm³/mol. The molecule has 2 aromatic carbocycles. The van der Waals surface area contributed by atoms with E-state index in [9.17, 15) is 39.5 Å². The van der Waals surface area contributed by atoms with Crippen molar-refractivity contribution in [3.8, 4) is 5.75 Å². The van der Waals surface area contributed by atoms with Crippen LogP contribution in [-0.4, -0.2) is 6.11 Å². The molecule has 1 aliphatic carbocycles. The first-order valence-electron chi connectivity index (χ1n) is 11.3. The number of hydrogen-bond acceptors (Lipinski definition) is 1. The van der Waals surface area contributed by atoms with Crippen molar-refractivity contribution >= 4 is 5.83 Å². The molecule has 0 amide bonds. The van der Waals surface area contributed by atoms with Gasteiger partial charge in [0.15, 0.2) is 11.7 Å². The van der Waals surface area contributed by atoms with Crippen molar-refractivity contribution < 1.29 is 44.3 Å². The minimum atomic E-state index is -5.33. The van der Waals surface area contributed by atoms with Crippen molar-refractivity contribution in [3.63, 3.8) is 0 Å². The molecule has 2 aromatic rings. The number of allylic oxidation sites excluding steroid dienone is 3. The van der Waals surface area contributed by atoms with Crippen LogP contribution in [0.5, 0.6) is 5.75 Å². The van der Waals surface area contributed by atoms with E-state index in [4.69, 9.17) is 0 Å². The molecule has 3 rings (SSSR count). The summed E-state index contributed by atoms with van der Waals surface area (Å²) in [6.07, 6.45) is -5.60. The van der Waals surface area contributed by atoms with E-state index in [1.807, 2.05) is 0 Å². The Bertz CT molecular complexity index is 1090. The molecule has 0 radical (unpaired) electrons. The molecule has 0 spiro atoms. The van der Waals surface area contributed by atoms with E-state index in [0.717, 1.165) is 11.6 Å². The Kier molecular flexibility index (Phi) is 8.46. The Morgan fingerprint density at radius 3 is 1.97 bits per heavy atom. The van der Waals surface area contributed by atoms with Gasteiger partial charge in [0.25, 0.3) is 0 Å². The normalized spacial score (nSPS) is 19.9. The molecule has 0 aliphatic heterocycles. The van der Waals surface area contributed by atoms with E-state index in [0.29, 0.717) is 19.3 Å². The van der Waals surface area contributed by atoms with Crippen LogP contribution in [-0.2, 0) is 6.18 Å². The van der Waals surface area contributed by atoms with Crippen molar-refractivity contribution in [1.82, 2.24) is 0 Å². The smallest absolute Gasteiger partial charge is 0.422 e. The largest absolute Gasteiger partial charge is 0.432 e. The summed E-state index contributed by atoms with van der Waals surface area (Å²) in [4.78, 5) is 0. The minimum absolute atomic E-state index is 0.0320. The van der Waals surface area contributed by atoms with Crippen LogP contribution in [0, 0.1) is 17.6 Å². The molecule has 0 N–H and O–H groups in total. The fourth-order valence-corrected chi connectivity index (χ4v) is 4.22. The van der Waals surface area contributed by atoms with E-state index >= 15 is 0 Å². The Morgan fingerprint density at radius 1 is 0.917 bits per heavy atom. The summed E-state index contributed by atoms with van der Waals surface area (Å²) in [5.41, 5.74) is -1.38. The Balaban J connectivity index is 1.65. The summed E-state index contributed by atoms with van der Waals surface area (Å²) in [7, 11) is 0. The highest BCUT2D eigenvalue weighted by molar-refractivity contribution is 5.63. The van der Waals surface area contributed by atoms with Crippen molar-refractivity contribution in [3.05, 3.63) is 82.7 Å². The van der Waals surface area contributed by atoms with Gasteiger partial charge in [-0.1, -0.05) is 37.3 Å². The number of ether oxygens (including phenoxy) is 1. The molecule has 1 aliphatic rings. The van der Waals surface area contributed by atoms with Crippen LogP contribution in [0.3, 0.4) is 0 Å². The molecule has 0 saturated heterocycles. The maximum atomic E-state index is 14.7. The van der Waals surface area contributed by atoms with Gasteiger partial charge in [-0.15, -0.1) is 0 Å². The van der Waals surface area contributed by atoms with Crippen molar-refractivity contribution in [2.45, 2.75) is 57.2 Å². The van der Waals surface area contributed by atoms with Gasteiger partial charge in [-0.2, -0.15) is 22.0 Å². The zero-order chi connectivity index (χ0) is 26.7. The number of rotatable bonds is 7. The average Bonchev–Trinajstić information content (AvgIpc) is 2.80. The topological polar surface area (TPSA) is 9.23 Å². The molecule has 196 valence electrons. The monoisotopic (exact) mass is 522 g/mol. The summed E-state index contributed by atoms with van der Waals surface area (Å²) in [6.45, 7) is 1.78. The molecule has 1 nitrogen and oxygen atoms in total. The lowest BCUT2D eigenvalue weighted by Crippen LogP contribution is -2.37. The first kappa shape index (κ1) is 27.7. The third kappa shape index (κ3) is 6.44. The van der Waals surface area contributed by atoms with Crippen molar-refractivity contribution in [2.24, 2.45) is 5.92 Å². The van der Waals surface area contributed by atoms with E-state index in [1.165, 1.54) is 18.2 Å². The lowest BCUT2D eigenvalue weighted by atomic mass is 9.78.